The molecule has 1 aromatic heterocycles. The van der Waals surface area contributed by atoms with Gasteiger partial charge in [-0.1, -0.05) is 20.8 Å². The maximum absolute atomic E-state index is 4.75. The van der Waals surface area contributed by atoms with Gasteiger partial charge in [-0.15, -0.1) is 11.3 Å². The summed E-state index contributed by atoms with van der Waals surface area (Å²) in [6.07, 6.45) is 1.16. The Morgan fingerprint density at radius 3 is 2.62 bits per heavy atom. The van der Waals surface area contributed by atoms with Crippen molar-refractivity contribution in [1.29, 1.82) is 0 Å². The summed E-state index contributed by atoms with van der Waals surface area (Å²) in [7, 11) is 4.11. The predicted molar refractivity (Wildman–Crippen MR) is 72.5 cm³/mol. The van der Waals surface area contributed by atoms with E-state index in [1.54, 1.807) is 0 Å². The van der Waals surface area contributed by atoms with Crippen LogP contribution in [0.1, 0.15) is 43.7 Å². The standard InChI is InChI=1S/C12H23N3S/c1-6-7-15(5)12-14-11(9(2)3)10(16-12)8-13-4/h9,13H,6-8H2,1-5H3. The summed E-state index contributed by atoms with van der Waals surface area (Å²) in [6, 6.07) is 0. The topological polar surface area (TPSA) is 28.2 Å². The maximum atomic E-state index is 4.75. The van der Waals surface area contributed by atoms with E-state index in [-0.39, 0.29) is 0 Å². The Bertz CT molecular complexity index is 320. The van der Waals surface area contributed by atoms with E-state index in [1.807, 2.05) is 18.4 Å². The minimum atomic E-state index is 0.503. The van der Waals surface area contributed by atoms with Crippen molar-refractivity contribution in [2.45, 2.75) is 39.7 Å². The normalized spacial score (nSPS) is 11.1. The van der Waals surface area contributed by atoms with Crippen molar-refractivity contribution in [1.82, 2.24) is 10.3 Å². The molecule has 1 aromatic rings. The molecule has 0 aromatic carbocycles. The number of nitrogens with one attached hydrogen (secondary N) is 1. The van der Waals surface area contributed by atoms with Crippen molar-refractivity contribution in [2.75, 3.05) is 25.5 Å². The highest BCUT2D eigenvalue weighted by atomic mass is 32.1. The molecule has 1 rings (SSSR count). The van der Waals surface area contributed by atoms with Crippen LogP contribution < -0.4 is 10.2 Å². The van der Waals surface area contributed by atoms with Crippen molar-refractivity contribution < 1.29 is 0 Å². The first-order valence-corrected chi connectivity index (χ1v) is 6.77. The number of aromatic nitrogens is 1. The van der Waals surface area contributed by atoms with Crippen LogP contribution in [-0.4, -0.2) is 25.6 Å². The number of thiazole rings is 1. The molecule has 0 unspecified atom stereocenters. The average molecular weight is 241 g/mol. The summed E-state index contributed by atoms with van der Waals surface area (Å²) in [5, 5.41) is 4.36. The molecule has 0 amide bonds. The third-order valence-electron chi connectivity index (χ3n) is 2.49. The van der Waals surface area contributed by atoms with Crippen molar-refractivity contribution in [3.05, 3.63) is 10.6 Å². The van der Waals surface area contributed by atoms with Crippen LogP contribution in [-0.2, 0) is 6.54 Å². The zero-order valence-corrected chi connectivity index (χ0v) is 11.8. The Hall–Kier alpha value is -0.610. The van der Waals surface area contributed by atoms with E-state index in [0.29, 0.717) is 5.92 Å². The number of rotatable bonds is 6. The summed E-state index contributed by atoms with van der Waals surface area (Å²) in [4.78, 5) is 8.37. The number of hydrogen-bond donors (Lipinski definition) is 1. The lowest BCUT2D eigenvalue weighted by Crippen LogP contribution is -2.17. The fraction of sp³-hybridized carbons (Fsp3) is 0.750. The van der Waals surface area contributed by atoms with Gasteiger partial charge < -0.3 is 10.2 Å². The minimum Gasteiger partial charge on any atom is -0.351 e. The average Bonchev–Trinajstić information content (AvgIpc) is 2.63. The van der Waals surface area contributed by atoms with Crippen LogP contribution in [0.3, 0.4) is 0 Å². The number of hydrogen-bond acceptors (Lipinski definition) is 4. The second-order valence-electron chi connectivity index (χ2n) is 4.41. The second-order valence-corrected chi connectivity index (χ2v) is 5.47. The van der Waals surface area contributed by atoms with Gasteiger partial charge in [0.05, 0.1) is 5.69 Å². The molecule has 0 radical (unpaired) electrons. The Kier molecular flexibility index (Phi) is 5.22. The lowest BCUT2D eigenvalue weighted by atomic mass is 10.1. The van der Waals surface area contributed by atoms with Gasteiger partial charge in [-0.3, -0.25) is 0 Å². The molecule has 3 nitrogen and oxygen atoms in total. The van der Waals surface area contributed by atoms with E-state index >= 15 is 0 Å². The molecular formula is C12H23N3S. The van der Waals surface area contributed by atoms with E-state index < -0.39 is 0 Å². The zero-order valence-electron chi connectivity index (χ0n) is 11.0. The number of anilines is 1. The van der Waals surface area contributed by atoms with Gasteiger partial charge in [0.1, 0.15) is 0 Å². The first-order chi connectivity index (χ1) is 7.60. The third kappa shape index (κ3) is 3.19. The summed E-state index contributed by atoms with van der Waals surface area (Å²) in [5.41, 5.74) is 1.25. The molecule has 1 heterocycles. The molecular weight excluding hydrogens is 218 g/mol. The maximum Gasteiger partial charge on any atom is 0.185 e. The SMILES string of the molecule is CCCN(C)c1nc(C(C)C)c(CNC)s1. The van der Waals surface area contributed by atoms with Gasteiger partial charge in [0, 0.05) is 25.0 Å². The lowest BCUT2D eigenvalue weighted by molar-refractivity contribution is 0.767. The zero-order chi connectivity index (χ0) is 12.1. The molecule has 4 heteroatoms. The van der Waals surface area contributed by atoms with E-state index in [9.17, 15) is 0 Å². The lowest BCUT2D eigenvalue weighted by Gasteiger charge is -2.13. The Labute approximate surface area is 103 Å². The summed E-state index contributed by atoms with van der Waals surface area (Å²) < 4.78 is 0. The first-order valence-electron chi connectivity index (χ1n) is 5.95. The quantitative estimate of drug-likeness (QED) is 0.830. The largest absolute Gasteiger partial charge is 0.351 e. The highest BCUT2D eigenvalue weighted by molar-refractivity contribution is 7.15. The molecule has 0 atom stereocenters. The number of nitrogens with zero attached hydrogens (tertiary/aromatic N) is 2. The van der Waals surface area contributed by atoms with Crippen LogP contribution in [0.15, 0.2) is 0 Å². The third-order valence-corrected chi connectivity index (χ3v) is 3.67. The van der Waals surface area contributed by atoms with Gasteiger partial charge in [-0.25, -0.2) is 4.98 Å². The molecule has 0 fully saturated rings. The molecule has 0 saturated carbocycles. The van der Waals surface area contributed by atoms with Gasteiger partial charge >= 0.3 is 0 Å². The first kappa shape index (κ1) is 13.5. The van der Waals surface area contributed by atoms with Crippen molar-refractivity contribution in [2.24, 2.45) is 0 Å². The van der Waals surface area contributed by atoms with E-state index in [1.165, 1.54) is 10.6 Å². The Balaban J connectivity index is 2.91. The van der Waals surface area contributed by atoms with Crippen LogP contribution >= 0.6 is 11.3 Å². The molecule has 0 aliphatic rings. The predicted octanol–water partition coefficient (Wildman–Crippen LogP) is 2.83. The highest BCUT2D eigenvalue weighted by Crippen LogP contribution is 2.30. The van der Waals surface area contributed by atoms with E-state index in [0.717, 1.165) is 24.6 Å². The van der Waals surface area contributed by atoms with Crippen molar-refractivity contribution in [3.8, 4) is 0 Å². The molecule has 0 aliphatic heterocycles. The molecule has 0 bridgehead atoms. The molecule has 0 saturated heterocycles. The van der Waals surface area contributed by atoms with Crippen LogP contribution in [0.5, 0.6) is 0 Å². The molecule has 16 heavy (non-hydrogen) atoms. The summed E-state index contributed by atoms with van der Waals surface area (Å²) >= 11 is 1.81. The fourth-order valence-electron chi connectivity index (χ4n) is 1.68. The molecule has 0 spiro atoms. The van der Waals surface area contributed by atoms with Crippen LogP contribution in [0, 0.1) is 0 Å². The smallest absolute Gasteiger partial charge is 0.185 e. The van der Waals surface area contributed by atoms with Gasteiger partial charge in [0.2, 0.25) is 0 Å². The van der Waals surface area contributed by atoms with E-state index in [2.05, 4.69) is 38.0 Å². The second kappa shape index (κ2) is 6.21. The van der Waals surface area contributed by atoms with Gasteiger partial charge in [-0.05, 0) is 19.4 Å². The van der Waals surface area contributed by atoms with Crippen molar-refractivity contribution >= 4 is 16.5 Å². The molecule has 92 valence electrons. The fourth-order valence-corrected chi connectivity index (χ4v) is 2.90. The monoisotopic (exact) mass is 241 g/mol. The van der Waals surface area contributed by atoms with Crippen molar-refractivity contribution in [3.63, 3.8) is 0 Å². The van der Waals surface area contributed by atoms with Gasteiger partial charge in [-0.2, -0.15) is 0 Å². The van der Waals surface area contributed by atoms with Crippen LogP contribution in [0.2, 0.25) is 0 Å². The molecule has 1 N–H and O–H groups in total. The highest BCUT2D eigenvalue weighted by Gasteiger charge is 2.15. The molecule has 0 aliphatic carbocycles. The van der Waals surface area contributed by atoms with Gasteiger partial charge in [0.15, 0.2) is 5.13 Å². The van der Waals surface area contributed by atoms with Gasteiger partial charge in [0.25, 0.3) is 0 Å². The summed E-state index contributed by atoms with van der Waals surface area (Å²) in [6.45, 7) is 8.60. The van der Waals surface area contributed by atoms with Crippen LogP contribution in [0.25, 0.3) is 0 Å². The minimum absolute atomic E-state index is 0.503. The summed E-state index contributed by atoms with van der Waals surface area (Å²) in [5.74, 6) is 0.503. The Morgan fingerprint density at radius 1 is 1.44 bits per heavy atom. The van der Waals surface area contributed by atoms with E-state index in [4.69, 9.17) is 4.98 Å². The Morgan fingerprint density at radius 2 is 2.12 bits per heavy atom. The van der Waals surface area contributed by atoms with Crippen LogP contribution in [0.4, 0.5) is 5.13 Å².